The number of amides is 2. The van der Waals surface area contributed by atoms with Gasteiger partial charge in [-0.2, -0.15) is 0 Å². The van der Waals surface area contributed by atoms with E-state index in [-0.39, 0.29) is 18.2 Å². The molecule has 0 aliphatic rings. The monoisotopic (exact) mass is 604 g/mol. The molecule has 4 aromatic rings. The average Bonchev–Trinajstić information content (AvgIpc) is 2.97. The van der Waals surface area contributed by atoms with Gasteiger partial charge >= 0.3 is 0 Å². The van der Waals surface area contributed by atoms with Crippen LogP contribution in [0.25, 0.3) is 0 Å². The van der Waals surface area contributed by atoms with Crippen molar-refractivity contribution in [1.82, 2.24) is 14.9 Å². The highest BCUT2D eigenvalue weighted by Gasteiger charge is 2.32. The van der Waals surface area contributed by atoms with Crippen LogP contribution in [-0.2, 0) is 16.1 Å². The van der Waals surface area contributed by atoms with Gasteiger partial charge in [-0.3, -0.25) is 9.59 Å². The Balaban J connectivity index is 1.72. The zero-order valence-electron chi connectivity index (χ0n) is 24.2. The number of nitrogens with zero attached hydrogens (tertiary/aromatic N) is 3. The predicted molar refractivity (Wildman–Crippen MR) is 166 cm³/mol. The fraction of sp³-hybridized carbons (Fsp3) is 0.250. The van der Waals surface area contributed by atoms with Crippen molar-refractivity contribution in [1.29, 1.82) is 0 Å². The molecule has 1 unspecified atom stereocenters. The molecule has 218 valence electrons. The maximum Gasteiger partial charge on any atom is 0.251 e. The van der Waals surface area contributed by atoms with Gasteiger partial charge < -0.3 is 19.7 Å². The molecule has 0 saturated heterocycles. The van der Waals surface area contributed by atoms with E-state index in [4.69, 9.17) is 21.1 Å². The molecule has 1 atom stereocenters. The lowest BCUT2D eigenvalue weighted by molar-refractivity contribution is -0.137. The second kappa shape index (κ2) is 14.2. The molecule has 0 aliphatic carbocycles. The summed E-state index contributed by atoms with van der Waals surface area (Å²) in [4.78, 5) is 38.6. The van der Waals surface area contributed by atoms with Gasteiger partial charge in [0.05, 0.1) is 25.7 Å². The van der Waals surface area contributed by atoms with Gasteiger partial charge in [-0.25, -0.2) is 9.97 Å². The summed E-state index contributed by atoms with van der Waals surface area (Å²) in [6.45, 7) is 5.92. The lowest BCUT2D eigenvalue weighted by Gasteiger charge is -2.32. The molecule has 1 aromatic heterocycles. The van der Waals surface area contributed by atoms with Crippen LogP contribution < -0.4 is 14.8 Å². The molecule has 2 amide bonds. The van der Waals surface area contributed by atoms with E-state index in [1.54, 1.807) is 42.3 Å². The summed E-state index contributed by atoms with van der Waals surface area (Å²) in [5.41, 5.74) is 4.62. The van der Waals surface area contributed by atoms with Gasteiger partial charge in [0, 0.05) is 29.0 Å². The number of rotatable bonds is 11. The van der Waals surface area contributed by atoms with Crippen molar-refractivity contribution in [2.24, 2.45) is 0 Å². The van der Waals surface area contributed by atoms with Crippen molar-refractivity contribution in [3.8, 4) is 11.5 Å². The Morgan fingerprint density at radius 1 is 0.905 bits per heavy atom. The highest BCUT2D eigenvalue weighted by atomic mass is 35.5. The second-order valence-electron chi connectivity index (χ2n) is 9.74. The molecule has 1 heterocycles. The zero-order chi connectivity index (χ0) is 30.2. The van der Waals surface area contributed by atoms with Crippen LogP contribution in [0.15, 0.2) is 78.0 Å². The molecule has 0 aliphatic heterocycles. The van der Waals surface area contributed by atoms with E-state index in [0.29, 0.717) is 32.9 Å². The van der Waals surface area contributed by atoms with Gasteiger partial charge in [0.15, 0.2) is 5.16 Å². The summed E-state index contributed by atoms with van der Waals surface area (Å²) in [5, 5.41) is 4.07. The molecule has 0 spiro atoms. The number of carbonyl (C=O) groups excluding carboxylic acids is 2. The fourth-order valence-corrected chi connectivity index (χ4v) is 5.36. The minimum Gasteiger partial charge on any atom is -0.497 e. The first kappa shape index (κ1) is 30.9. The maximum absolute atomic E-state index is 14.1. The minimum absolute atomic E-state index is 0.0397. The van der Waals surface area contributed by atoms with Crippen molar-refractivity contribution in [3.63, 3.8) is 0 Å². The highest BCUT2D eigenvalue weighted by Crippen LogP contribution is 2.32. The van der Waals surface area contributed by atoms with Gasteiger partial charge in [-0.05, 0) is 62.2 Å². The van der Waals surface area contributed by atoms with Crippen LogP contribution in [0.5, 0.6) is 11.5 Å². The molecule has 1 N–H and O–H groups in total. The van der Waals surface area contributed by atoms with E-state index in [2.05, 4.69) is 15.3 Å². The van der Waals surface area contributed by atoms with Gasteiger partial charge in [0.1, 0.15) is 17.5 Å². The maximum atomic E-state index is 14.1. The van der Waals surface area contributed by atoms with E-state index in [0.717, 1.165) is 22.5 Å². The lowest BCUT2D eigenvalue weighted by Crippen LogP contribution is -2.42. The number of ether oxygens (including phenoxy) is 2. The number of aromatic nitrogens is 2. The smallest absolute Gasteiger partial charge is 0.251 e. The van der Waals surface area contributed by atoms with Crippen LogP contribution in [0.2, 0.25) is 5.02 Å². The second-order valence-corrected chi connectivity index (χ2v) is 11.1. The minimum atomic E-state index is -0.957. The standard InChI is InChI=1S/C32H33ClN4O4S/c1-20-6-10-24(11-7-20)30(31(39)36-27-15-14-26(40-4)17-28(27)41-5)37(18-23-8-12-25(33)13-9-23)29(38)19-42-32-34-21(2)16-22(3)35-32/h6-17,30H,18-19H2,1-5H3,(H,36,39). The summed E-state index contributed by atoms with van der Waals surface area (Å²) in [6, 6.07) is 20.9. The third-order valence-corrected chi connectivity index (χ3v) is 7.58. The third kappa shape index (κ3) is 8.02. The third-order valence-electron chi connectivity index (χ3n) is 6.49. The number of nitrogens with one attached hydrogen (secondary N) is 1. The summed E-state index contributed by atoms with van der Waals surface area (Å²) < 4.78 is 10.8. The number of methoxy groups -OCH3 is 2. The Labute approximate surface area is 255 Å². The van der Waals surface area contributed by atoms with Crippen molar-refractivity contribution in [3.05, 3.63) is 106 Å². The van der Waals surface area contributed by atoms with Crippen molar-refractivity contribution in [2.75, 3.05) is 25.3 Å². The molecule has 0 bridgehead atoms. The van der Waals surface area contributed by atoms with Gasteiger partial charge in [-0.15, -0.1) is 0 Å². The summed E-state index contributed by atoms with van der Waals surface area (Å²) in [6.07, 6.45) is 0. The van der Waals surface area contributed by atoms with Gasteiger partial charge in [0.25, 0.3) is 5.91 Å². The van der Waals surface area contributed by atoms with Crippen LogP contribution in [0, 0.1) is 20.8 Å². The molecule has 4 rings (SSSR count). The van der Waals surface area contributed by atoms with E-state index in [1.807, 2.05) is 63.2 Å². The summed E-state index contributed by atoms with van der Waals surface area (Å²) >= 11 is 7.37. The number of benzene rings is 3. The summed E-state index contributed by atoms with van der Waals surface area (Å²) in [7, 11) is 3.08. The van der Waals surface area contributed by atoms with Crippen LogP contribution in [0.4, 0.5) is 5.69 Å². The summed E-state index contributed by atoms with van der Waals surface area (Å²) in [5.74, 6) is 0.420. The van der Waals surface area contributed by atoms with Crippen LogP contribution in [0.3, 0.4) is 0 Å². The van der Waals surface area contributed by atoms with Crippen molar-refractivity contribution >= 4 is 40.9 Å². The predicted octanol–water partition coefficient (Wildman–Crippen LogP) is 6.57. The van der Waals surface area contributed by atoms with Crippen molar-refractivity contribution < 1.29 is 19.1 Å². The molecule has 0 fully saturated rings. The normalized spacial score (nSPS) is 11.5. The number of anilines is 1. The number of hydrogen-bond donors (Lipinski definition) is 1. The Morgan fingerprint density at radius 3 is 2.19 bits per heavy atom. The number of thioether (sulfide) groups is 1. The van der Waals surface area contributed by atoms with Crippen LogP contribution in [0.1, 0.15) is 34.1 Å². The first-order valence-electron chi connectivity index (χ1n) is 13.2. The number of aryl methyl sites for hydroxylation is 3. The molecule has 0 saturated carbocycles. The first-order chi connectivity index (χ1) is 20.2. The van der Waals surface area contributed by atoms with Crippen molar-refractivity contribution in [2.45, 2.75) is 38.5 Å². The van der Waals surface area contributed by atoms with E-state index in [9.17, 15) is 9.59 Å². The van der Waals surface area contributed by atoms with E-state index >= 15 is 0 Å². The van der Waals surface area contributed by atoms with Gasteiger partial charge in [0.2, 0.25) is 5.91 Å². The highest BCUT2D eigenvalue weighted by molar-refractivity contribution is 7.99. The average molecular weight is 605 g/mol. The molecular formula is C32H33ClN4O4S. The fourth-order valence-electron chi connectivity index (χ4n) is 4.40. The Bertz CT molecular complexity index is 1530. The molecule has 10 heteroatoms. The van der Waals surface area contributed by atoms with Gasteiger partial charge in [-0.1, -0.05) is 65.3 Å². The molecule has 0 radical (unpaired) electrons. The zero-order valence-corrected chi connectivity index (χ0v) is 25.8. The SMILES string of the molecule is COc1ccc(NC(=O)C(c2ccc(C)cc2)N(Cc2ccc(Cl)cc2)C(=O)CSc2nc(C)cc(C)n2)c(OC)c1. The molecular weight excluding hydrogens is 572 g/mol. The molecule has 3 aromatic carbocycles. The first-order valence-corrected chi connectivity index (χ1v) is 14.6. The van der Waals surface area contributed by atoms with Crippen LogP contribution in [-0.4, -0.2) is 46.7 Å². The molecule has 8 nitrogen and oxygen atoms in total. The number of carbonyl (C=O) groups is 2. The number of hydrogen-bond acceptors (Lipinski definition) is 7. The quantitative estimate of drug-likeness (QED) is 0.153. The number of halogens is 1. The Morgan fingerprint density at radius 2 is 1.57 bits per heavy atom. The topological polar surface area (TPSA) is 93.7 Å². The Kier molecular flexibility index (Phi) is 10.4. The lowest BCUT2D eigenvalue weighted by atomic mass is 10.0. The largest absolute Gasteiger partial charge is 0.497 e. The Hall–Kier alpha value is -4.08. The molecule has 42 heavy (non-hydrogen) atoms. The van der Waals surface area contributed by atoms with E-state index < -0.39 is 11.9 Å². The van der Waals surface area contributed by atoms with Crippen LogP contribution >= 0.6 is 23.4 Å². The van der Waals surface area contributed by atoms with E-state index in [1.165, 1.54) is 18.9 Å².